The quantitative estimate of drug-likeness (QED) is 0.732. The summed E-state index contributed by atoms with van der Waals surface area (Å²) in [4.78, 5) is 19.1. The van der Waals surface area contributed by atoms with Gasteiger partial charge in [-0.15, -0.1) is 0 Å². The van der Waals surface area contributed by atoms with Crippen molar-refractivity contribution in [3.63, 3.8) is 0 Å². The Kier molecular flexibility index (Phi) is 4.42. The van der Waals surface area contributed by atoms with Gasteiger partial charge in [-0.2, -0.15) is 0 Å². The molecule has 6 heteroatoms. The highest BCUT2D eigenvalue weighted by molar-refractivity contribution is 5.78. The van der Waals surface area contributed by atoms with Crippen molar-refractivity contribution in [2.45, 2.75) is 6.54 Å². The molecule has 1 aromatic heterocycles. The summed E-state index contributed by atoms with van der Waals surface area (Å²) in [5.74, 6) is 0.953. The summed E-state index contributed by atoms with van der Waals surface area (Å²) in [6, 6.07) is 13.0. The molecule has 0 spiro atoms. The zero-order valence-corrected chi connectivity index (χ0v) is 12.7. The van der Waals surface area contributed by atoms with Gasteiger partial charge in [0.2, 0.25) is 0 Å². The molecule has 3 rings (SSSR count). The van der Waals surface area contributed by atoms with E-state index in [4.69, 9.17) is 9.47 Å². The number of hydrogen-bond donors (Lipinski definition) is 2. The Balaban J connectivity index is 1.53. The van der Waals surface area contributed by atoms with E-state index in [9.17, 15) is 4.79 Å². The zero-order chi connectivity index (χ0) is 16.1. The number of nitrogens with one attached hydrogen (secondary N) is 2. The van der Waals surface area contributed by atoms with Gasteiger partial charge >= 0.3 is 0 Å². The maximum Gasteiger partial charge on any atom is 0.258 e. The van der Waals surface area contributed by atoms with Gasteiger partial charge in [0.05, 0.1) is 24.5 Å². The van der Waals surface area contributed by atoms with Crippen LogP contribution in [0.25, 0.3) is 11.0 Å². The molecule has 0 aliphatic carbocycles. The third-order valence-corrected chi connectivity index (χ3v) is 3.40. The maximum absolute atomic E-state index is 11.9. The lowest BCUT2D eigenvalue weighted by Gasteiger charge is -2.10. The summed E-state index contributed by atoms with van der Waals surface area (Å²) in [5, 5.41) is 2.82. The molecule has 0 fully saturated rings. The lowest BCUT2D eigenvalue weighted by Crippen LogP contribution is -2.28. The van der Waals surface area contributed by atoms with Crippen LogP contribution in [0.15, 0.2) is 48.8 Å². The van der Waals surface area contributed by atoms with Crippen LogP contribution in [0.4, 0.5) is 0 Å². The summed E-state index contributed by atoms with van der Waals surface area (Å²) in [5.41, 5.74) is 2.84. The number of benzene rings is 2. The fourth-order valence-electron chi connectivity index (χ4n) is 2.23. The summed E-state index contributed by atoms with van der Waals surface area (Å²) < 4.78 is 10.7. The predicted molar refractivity (Wildman–Crippen MR) is 86.4 cm³/mol. The lowest BCUT2D eigenvalue weighted by atomic mass is 10.2. The Bertz CT molecular complexity index is 813. The number of fused-ring (bicyclic) bond motifs is 1. The maximum atomic E-state index is 11.9. The average molecular weight is 311 g/mol. The van der Waals surface area contributed by atoms with Crippen molar-refractivity contribution in [3.8, 4) is 11.5 Å². The molecule has 0 saturated carbocycles. The zero-order valence-electron chi connectivity index (χ0n) is 12.7. The van der Waals surface area contributed by atoms with E-state index in [-0.39, 0.29) is 12.5 Å². The van der Waals surface area contributed by atoms with E-state index < -0.39 is 0 Å². The van der Waals surface area contributed by atoms with Gasteiger partial charge < -0.3 is 19.8 Å². The molecular formula is C17H17N3O3. The summed E-state index contributed by atoms with van der Waals surface area (Å²) >= 11 is 0. The normalized spacial score (nSPS) is 10.5. The Hall–Kier alpha value is -3.02. The molecule has 0 aliphatic rings. The van der Waals surface area contributed by atoms with Gasteiger partial charge in [-0.05, 0) is 29.8 Å². The Labute approximate surface area is 133 Å². The van der Waals surface area contributed by atoms with Crippen molar-refractivity contribution in [2.75, 3.05) is 13.7 Å². The molecule has 0 radical (unpaired) electrons. The van der Waals surface area contributed by atoms with Crippen LogP contribution in [-0.4, -0.2) is 29.6 Å². The second kappa shape index (κ2) is 6.83. The van der Waals surface area contributed by atoms with E-state index >= 15 is 0 Å². The highest BCUT2D eigenvalue weighted by atomic mass is 16.5. The number of amides is 1. The van der Waals surface area contributed by atoms with Crippen molar-refractivity contribution in [1.82, 2.24) is 15.3 Å². The van der Waals surface area contributed by atoms with Crippen molar-refractivity contribution in [2.24, 2.45) is 0 Å². The van der Waals surface area contributed by atoms with Crippen molar-refractivity contribution < 1.29 is 14.3 Å². The number of methoxy groups -OCH3 is 1. The SMILES string of the molecule is COc1ccccc1OCC(=O)NCc1ccc2nc[nH]c2c1. The monoisotopic (exact) mass is 311 g/mol. The van der Waals surface area contributed by atoms with Crippen molar-refractivity contribution in [1.29, 1.82) is 0 Å². The molecule has 3 aromatic rings. The molecule has 2 N–H and O–H groups in total. The Morgan fingerprint density at radius 1 is 1.22 bits per heavy atom. The molecule has 1 heterocycles. The minimum atomic E-state index is -0.194. The second-order valence-electron chi connectivity index (χ2n) is 4.97. The molecule has 23 heavy (non-hydrogen) atoms. The first-order chi connectivity index (χ1) is 11.3. The van der Waals surface area contributed by atoms with Crippen molar-refractivity contribution >= 4 is 16.9 Å². The predicted octanol–water partition coefficient (Wildman–Crippen LogP) is 2.27. The molecule has 0 atom stereocenters. The number of H-pyrrole nitrogens is 1. The van der Waals surface area contributed by atoms with Crippen LogP contribution in [0.1, 0.15) is 5.56 Å². The van der Waals surface area contributed by atoms with E-state index in [2.05, 4.69) is 15.3 Å². The highest BCUT2D eigenvalue weighted by Crippen LogP contribution is 2.25. The third-order valence-electron chi connectivity index (χ3n) is 3.40. The van der Waals surface area contributed by atoms with E-state index in [1.807, 2.05) is 30.3 Å². The summed E-state index contributed by atoms with van der Waals surface area (Å²) in [6.07, 6.45) is 1.65. The van der Waals surface area contributed by atoms with Gasteiger partial charge in [0.15, 0.2) is 18.1 Å². The van der Waals surface area contributed by atoms with Crippen LogP contribution in [0.3, 0.4) is 0 Å². The van der Waals surface area contributed by atoms with Crippen LogP contribution in [-0.2, 0) is 11.3 Å². The van der Waals surface area contributed by atoms with E-state index in [0.717, 1.165) is 16.6 Å². The lowest BCUT2D eigenvalue weighted by molar-refractivity contribution is -0.123. The van der Waals surface area contributed by atoms with E-state index in [0.29, 0.717) is 18.0 Å². The topological polar surface area (TPSA) is 76.2 Å². The minimum absolute atomic E-state index is 0.0628. The number of aromatic amines is 1. The van der Waals surface area contributed by atoms with Crippen LogP contribution in [0.5, 0.6) is 11.5 Å². The fraction of sp³-hybridized carbons (Fsp3) is 0.176. The Morgan fingerprint density at radius 2 is 2.04 bits per heavy atom. The van der Waals surface area contributed by atoms with E-state index in [1.165, 1.54) is 0 Å². The standard InChI is InChI=1S/C17H17N3O3/c1-22-15-4-2-3-5-16(15)23-10-17(21)18-9-12-6-7-13-14(8-12)20-11-19-13/h2-8,11H,9-10H2,1H3,(H,18,21)(H,19,20). The number of carbonyl (C=O) groups excluding carboxylic acids is 1. The van der Waals surface area contributed by atoms with Gasteiger partial charge in [-0.25, -0.2) is 4.98 Å². The number of nitrogens with zero attached hydrogens (tertiary/aromatic N) is 1. The number of ether oxygens (including phenoxy) is 2. The van der Waals surface area contributed by atoms with Crippen molar-refractivity contribution in [3.05, 3.63) is 54.4 Å². The van der Waals surface area contributed by atoms with Crippen LogP contribution < -0.4 is 14.8 Å². The molecule has 0 unspecified atom stereocenters. The number of carbonyl (C=O) groups is 1. The molecular weight excluding hydrogens is 294 g/mol. The average Bonchev–Trinajstić information content (AvgIpc) is 3.06. The van der Waals surface area contributed by atoms with Crippen LogP contribution in [0.2, 0.25) is 0 Å². The summed E-state index contributed by atoms with van der Waals surface area (Å²) in [7, 11) is 1.56. The molecule has 118 valence electrons. The van der Waals surface area contributed by atoms with Gasteiger partial charge in [-0.3, -0.25) is 4.79 Å². The smallest absolute Gasteiger partial charge is 0.258 e. The third kappa shape index (κ3) is 3.60. The molecule has 6 nitrogen and oxygen atoms in total. The summed E-state index contributed by atoms with van der Waals surface area (Å²) in [6.45, 7) is 0.371. The second-order valence-corrected chi connectivity index (χ2v) is 4.97. The number of imidazole rings is 1. The number of para-hydroxylation sites is 2. The van der Waals surface area contributed by atoms with Gasteiger partial charge in [0.1, 0.15) is 0 Å². The molecule has 0 bridgehead atoms. The van der Waals surface area contributed by atoms with Gasteiger partial charge in [0, 0.05) is 6.54 Å². The minimum Gasteiger partial charge on any atom is -0.493 e. The first-order valence-corrected chi connectivity index (χ1v) is 7.21. The van der Waals surface area contributed by atoms with Gasteiger partial charge in [-0.1, -0.05) is 18.2 Å². The molecule has 1 amide bonds. The highest BCUT2D eigenvalue weighted by Gasteiger charge is 2.07. The van der Waals surface area contributed by atoms with Gasteiger partial charge in [0.25, 0.3) is 5.91 Å². The van der Waals surface area contributed by atoms with Crippen LogP contribution in [0, 0.1) is 0 Å². The number of aromatic nitrogens is 2. The molecule has 0 aliphatic heterocycles. The fourth-order valence-corrected chi connectivity index (χ4v) is 2.23. The number of hydrogen-bond acceptors (Lipinski definition) is 4. The van der Waals surface area contributed by atoms with E-state index in [1.54, 1.807) is 25.6 Å². The van der Waals surface area contributed by atoms with Crippen LogP contribution >= 0.6 is 0 Å². The number of rotatable bonds is 6. The Morgan fingerprint density at radius 3 is 2.87 bits per heavy atom. The first kappa shape index (κ1) is 14.9. The molecule has 0 saturated heterocycles. The largest absolute Gasteiger partial charge is 0.493 e. The first-order valence-electron chi connectivity index (χ1n) is 7.21. The molecule has 2 aromatic carbocycles.